The lowest BCUT2D eigenvalue weighted by molar-refractivity contribution is -0.128. The Bertz CT molecular complexity index is 710. The summed E-state index contributed by atoms with van der Waals surface area (Å²) in [5.41, 5.74) is 7.61. The fraction of sp³-hybridized carbons (Fsp3) is 0.294. The number of nitrogens with two attached hydrogens (primary N) is 1. The quantitative estimate of drug-likeness (QED) is 0.786. The van der Waals surface area contributed by atoms with E-state index in [0.29, 0.717) is 24.5 Å². The topological polar surface area (TPSA) is 77.2 Å². The summed E-state index contributed by atoms with van der Waals surface area (Å²) in [5.74, 6) is -0.0448. The summed E-state index contributed by atoms with van der Waals surface area (Å²) in [6.07, 6.45) is 1.22. The van der Waals surface area contributed by atoms with E-state index in [0.717, 1.165) is 11.1 Å². The second kappa shape index (κ2) is 8.87. The van der Waals surface area contributed by atoms with E-state index in [1.165, 1.54) is 12.3 Å². The molecule has 0 saturated heterocycles. The molecule has 1 aromatic heterocycles. The Morgan fingerprint density at radius 1 is 1.33 bits per heavy atom. The lowest BCUT2D eigenvalue weighted by Gasteiger charge is -2.17. The first-order valence-corrected chi connectivity index (χ1v) is 8.32. The number of benzene rings is 1. The summed E-state index contributed by atoms with van der Waals surface area (Å²) in [5, 5.41) is 3.53. The van der Waals surface area contributed by atoms with Crippen LogP contribution in [0, 0.1) is 0 Å². The number of halogens is 2. The first kappa shape index (κ1) is 18.5. The van der Waals surface area contributed by atoms with Gasteiger partial charge in [-0.3, -0.25) is 4.79 Å². The van der Waals surface area contributed by atoms with Crippen LogP contribution in [0.5, 0.6) is 5.88 Å². The van der Waals surface area contributed by atoms with Crippen molar-refractivity contribution in [2.45, 2.75) is 32.5 Å². The van der Waals surface area contributed by atoms with Gasteiger partial charge in [-0.05, 0) is 23.6 Å². The third-order valence-corrected chi connectivity index (χ3v) is 3.86. The number of hydrogen-bond donors (Lipinski definition) is 2. The lowest BCUT2D eigenvalue weighted by atomic mass is 10.1. The fourth-order valence-electron chi connectivity index (χ4n) is 2.12. The Morgan fingerprint density at radius 3 is 2.75 bits per heavy atom. The summed E-state index contributed by atoms with van der Waals surface area (Å²) in [6.45, 7) is 2.71. The second-order valence-electron chi connectivity index (χ2n) is 5.20. The molecule has 1 amide bonds. The summed E-state index contributed by atoms with van der Waals surface area (Å²) in [7, 11) is 0. The molecule has 2 rings (SSSR count). The van der Waals surface area contributed by atoms with Crippen molar-refractivity contribution in [3.63, 3.8) is 0 Å². The second-order valence-corrected chi connectivity index (χ2v) is 6.04. The molecule has 0 radical (unpaired) electrons. The number of amides is 1. The van der Waals surface area contributed by atoms with Crippen LogP contribution in [0.2, 0.25) is 10.0 Å². The molecule has 7 heteroatoms. The van der Waals surface area contributed by atoms with Gasteiger partial charge < -0.3 is 15.8 Å². The molecule has 0 saturated carbocycles. The molecule has 0 aliphatic carbocycles. The molecule has 1 unspecified atom stereocenters. The third kappa shape index (κ3) is 5.09. The van der Waals surface area contributed by atoms with Crippen molar-refractivity contribution in [2.24, 2.45) is 5.73 Å². The van der Waals surface area contributed by atoms with E-state index in [1.54, 1.807) is 0 Å². The number of rotatable bonds is 7. The van der Waals surface area contributed by atoms with E-state index in [4.69, 9.17) is 33.7 Å². The van der Waals surface area contributed by atoms with Gasteiger partial charge in [0.2, 0.25) is 5.88 Å². The third-order valence-electron chi connectivity index (χ3n) is 3.39. The largest absolute Gasteiger partial charge is 0.463 e. The minimum absolute atomic E-state index is 0.188. The molecule has 1 aromatic carbocycles. The number of hydrogen-bond acceptors (Lipinski definition) is 4. The van der Waals surface area contributed by atoms with Crippen molar-refractivity contribution in [1.82, 2.24) is 10.3 Å². The van der Waals surface area contributed by atoms with Crippen molar-refractivity contribution in [3.05, 3.63) is 57.7 Å². The molecular formula is C17H19Cl2N3O2. The Kier molecular flexibility index (Phi) is 6.85. The van der Waals surface area contributed by atoms with Crippen molar-refractivity contribution in [3.8, 4) is 5.88 Å². The van der Waals surface area contributed by atoms with E-state index in [9.17, 15) is 4.79 Å². The number of nitrogens with zero attached hydrogens (tertiary/aromatic N) is 1. The molecule has 1 atom stereocenters. The number of ether oxygens (including phenoxy) is 1. The van der Waals surface area contributed by atoms with Crippen LogP contribution in [0.4, 0.5) is 0 Å². The molecule has 24 heavy (non-hydrogen) atoms. The molecule has 2 aromatic rings. The van der Waals surface area contributed by atoms with Gasteiger partial charge in [0, 0.05) is 19.3 Å². The van der Waals surface area contributed by atoms with Gasteiger partial charge in [0.25, 0.3) is 5.91 Å². The minimum Gasteiger partial charge on any atom is -0.463 e. The van der Waals surface area contributed by atoms with Crippen LogP contribution in [0.3, 0.4) is 0 Å². The Balaban J connectivity index is 1.98. The van der Waals surface area contributed by atoms with Gasteiger partial charge in [0.1, 0.15) is 5.02 Å². The van der Waals surface area contributed by atoms with Crippen LogP contribution < -0.4 is 15.8 Å². The zero-order valence-electron chi connectivity index (χ0n) is 13.3. The van der Waals surface area contributed by atoms with E-state index >= 15 is 0 Å². The molecule has 0 spiro atoms. The zero-order chi connectivity index (χ0) is 17.5. The summed E-state index contributed by atoms with van der Waals surface area (Å²) in [6, 6.07) is 9.26. The van der Waals surface area contributed by atoms with Gasteiger partial charge in [-0.2, -0.15) is 0 Å². The number of aromatic nitrogens is 1. The highest BCUT2D eigenvalue weighted by Gasteiger charge is 2.20. The molecule has 0 fully saturated rings. The molecule has 128 valence electrons. The highest BCUT2D eigenvalue weighted by molar-refractivity contribution is 6.35. The SMILES string of the molecule is CCC(Oc1ncc(Cl)cc1Cl)C(=O)NCc1cccc(CN)c1. The van der Waals surface area contributed by atoms with E-state index < -0.39 is 6.10 Å². The van der Waals surface area contributed by atoms with Crippen LogP contribution in [0.25, 0.3) is 0 Å². The minimum atomic E-state index is -0.686. The molecule has 1 heterocycles. The van der Waals surface area contributed by atoms with Crippen LogP contribution in [-0.4, -0.2) is 17.0 Å². The molecule has 0 bridgehead atoms. The van der Waals surface area contributed by atoms with Gasteiger partial charge in [-0.15, -0.1) is 0 Å². The normalized spacial score (nSPS) is 11.8. The maximum atomic E-state index is 12.3. The molecule has 0 aliphatic rings. The average Bonchev–Trinajstić information content (AvgIpc) is 2.59. The Labute approximate surface area is 151 Å². The monoisotopic (exact) mass is 367 g/mol. The zero-order valence-corrected chi connectivity index (χ0v) is 14.8. The predicted molar refractivity (Wildman–Crippen MR) is 95.1 cm³/mol. The molecule has 0 aliphatic heterocycles. The smallest absolute Gasteiger partial charge is 0.261 e. The van der Waals surface area contributed by atoms with E-state index in [2.05, 4.69) is 10.3 Å². The first-order chi connectivity index (χ1) is 11.5. The Morgan fingerprint density at radius 2 is 2.08 bits per heavy atom. The van der Waals surface area contributed by atoms with E-state index in [1.807, 2.05) is 31.2 Å². The van der Waals surface area contributed by atoms with Gasteiger partial charge >= 0.3 is 0 Å². The average molecular weight is 368 g/mol. The fourth-order valence-corrected chi connectivity index (χ4v) is 2.54. The summed E-state index contributed by atoms with van der Waals surface area (Å²) < 4.78 is 5.61. The van der Waals surface area contributed by atoms with Crippen LogP contribution in [-0.2, 0) is 17.9 Å². The van der Waals surface area contributed by atoms with Gasteiger partial charge in [0.15, 0.2) is 6.10 Å². The molecule has 5 nitrogen and oxygen atoms in total. The Hall–Kier alpha value is -1.82. The predicted octanol–water partition coefficient (Wildman–Crippen LogP) is 3.32. The van der Waals surface area contributed by atoms with Gasteiger partial charge in [0.05, 0.1) is 5.02 Å². The van der Waals surface area contributed by atoms with Crippen molar-refractivity contribution < 1.29 is 9.53 Å². The number of carbonyl (C=O) groups excluding carboxylic acids is 1. The summed E-state index contributed by atoms with van der Waals surface area (Å²) in [4.78, 5) is 16.3. The highest BCUT2D eigenvalue weighted by Crippen LogP contribution is 2.25. The highest BCUT2D eigenvalue weighted by atomic mass is 35.5. The standard InChI is InChI=1S/C17H19Cl2N3O2/c1-2-15(24-17-14(19)7-13(18)10-22-17)16(23)21-9-12-5-3-4-11(6-12)8-20/h3-7,10,15H,2,8-9,20H2,1H3,(H,21,23). The maximum absolute atomic E-state index is 12.3. The van der Waals surface area contributed by atoms with Crippen molar-refractivity contribution >= 4 is 29.1 Å². The lowest BCUT2D eigenvalue weighted by Crippen LogP contribution is -2.37. The first-order valence-electron chi connectivity index (χ1n) is 7.56. The van der Waals surface area contributed by atoms with Crippen molar-refractivity contribution in [2.75, 3.05) is 0 Å². The molecule has 3 N–H and O–H groups in total. The van der Waals surface area contributed by atoms with Crippen molar-refractivity contribution in [1.29, 1.82) is 0 Å². The molecular weight excluding hydrogens is 349 g/mol. The van der Waals surface area contributed by atoms with Crippen LogP contribution in [0.15, 0.2) is 36.5 Å². The van der Waals surface area contributed by atoms with Crippen LogP contribution >= 0.6 is 23.2 Å². The number of pyridine rings is 1. The number of carbonyl (C=O) groups is 1. The number of nitrogens with one attached hydrogen (secondary N) is 1. The van der Waals surface area contributed by atoms with Gasteiger partial charge in [-0.1, -0.05) is 54.4 Å². The maximum Gasteiger partial charge on any atom is 0.261 e. The van der Waals surface area contributed by atoms with E-state index in [-0.39, 0.29) is 16.8 Å². The van der Waals surface area contributed by atoms with Gasteiger partial charge in [-0.25, -0.2) is 4.98 Å². The summed E-state index contributed by atoms with van der Waals surface area (Å²) >= 11 is 11.8. The van der Waals surface area contributed by atoms with Crippen LogP contribution in [0.1, 0.15) is 24.5 Å².